The second-order valence-electron chi connectivity index (χ2n) is 9.22. The molecule has 0 spiro atoms. The topological polar surface area (TPSA) is 25.4 Å². The molecular weight excluding hydrogens is 452 g/mol. The summed E-state index contributed by atoms with van der Waals surface area (Å²) < 4.78 is 6.22. The van der Waals surface area contributed by atoms with E-state index in [-0.39, 0.29) is 0 Å². The van der Waals surface area contributed by atoms with Gasteiger partial charge in [-0.15, -0.1) is 0 Å². The SMILES string of the molecule is CC1CCN(CCOc2ccc(C#Cc3ccc(-c4ccc(Cl)cc4)cn3)c3ccccc23)CC1. The Morgan fingerprint density at radius 2 is 1.63 bits per heavy atom. The first-order valence-electron chi connectivity index (χ1n) is 12.3. The lowest BCUT2D eigenvalue weighted by Gasteiger charge is -2.30. The average Bonchev–Trinajstić information content (AvgIpc) is 2.90. The summed E-state index contributed by atoms with van der Waals surface area (Å²) in [6.45, 7) is 6.37. The minimum Gasteiger partial charge on any atom is -0.492 e. The van der Waals surface area contributed by atoms with Gasteiger partial charge in [-0.25, -0.2) is 4.98 Å². The van der Waals surface area contributed by atoms with Crippen molar-refractivity contribution in [2.75, 3.05) is 26.2 Å². The number of aromatic nitrogens is 1. The normalized spacial score (nSPS) is 14.5. The summed E-state index contributed by atoms with van der Waals surface area (Å²) in [7, 11) is 0. The van der Waals surface area contributed by atoms with Crippen LogP contribution in [0.2, 0.25) is 5.02 Å². The summed E-state index contributed by atoms with van der Waals surface area (Å²) in [6.07, 6.45) is 4.43. The van der Waals surface area contributed by atoms with Gasteiger partial charge >= 0.3 is 0 Å². The van der Waals surface area contributed by atoms with Crippen LogP contribution in [0.1, 0.15) is 31.0 Å². The van der Waals surface area contributed by atoms with Crippen LogP contribution in [-0.2, 0) is 0 Å². The Morgan fingerprint density at radius 1 is 0.886 bits per heavy atom. The summed E-state index contributed by atoms with van der Waals surface area (Å²) >= 11 is 5.99. The molecule has 5 rings (SSSR count). The van der Waals surface area contributed by atoms with Crippen molar-refractivity contribution in [2.45, 2.75) is 19.8 Å². The number of piperidine rings is 1. The highest BCUT2D eigenvalue weighted by Gasteiger charge is 2.15. The Labute approximate surface area is 212 Å². The van der Waals surface area contributed by atoms with E-state index in [1.165, 1.54) is 25.9 Å². The molecule has 0 radical (unpaired) electrons. The molecule has 3 nitrogen and oxygen atoms in total. The summed E-state index contributed by atoms with van der Waals surface area (Å²) in [6, 6.07) is 24.2. The van der Waals surface area contributed by atoms with Gasteiger partial charge in [0.05, 0.1) is 0 Å². The van der Waals surface area contributed by atoms with Crippen molar-refractivity contribution in [1.82, 2.24) is 9.88 Å². The van der Waals surface area contributed by atoms with Crippen LogP contribution in [0, 0.1) is 17.8 Å². The van der Waals surface area contributed by atoms with Crippen LogP contribution in [0.4, 0.5) is 0 Å². The Hall–Kier alpha value is -3.32. The van der Waals surface area contributed by atoms with Crippen molar-refractivity contribution in [1.29, 1.82) is 0 Å². The number of nitrogens with zero attached hydrogens (tertiary/aromatic N) is 2. The van der Waals surface area contributed by atoms with Gasteiger partial charge in [-0.05, 0) is 73.7 Å². The predicted molar refractivity (Wildman–Crippen MR) is 145 cm³/mol. The third-order valence-electron chi connectivity index (χ3n) is 6.69. The van der Waals surface area contributed by atoms with Crippen molar-refractivity contribution in [3.05, 3.63) is 95.3 Å². The van der Waals surface area contributed by atoms with Crippen LogP contribution in [0.5, 0.6) is 5.75 Å². The van der Waals surface area contributed by atoms with Crippen LogP contribution in [0.15, 0.2) is 79.0 Å². The maximum Gasteiger partial charge on any atom is 0.127 e. The van der Waals surface area contributed by atoms with Crippen molar-refractivity contribution >= 4 is 22.4 Å². The van der Waals surface area contributed by atoms with Gasteiger partial charge in [0, 0.05) is 39.7 Å². The number of likely N-dealkylation sites (tertiary alicyclic amines) is 1. The third kappa shape index (κ3) is 5.85. The lowest BCUT2D eigenvalue weighted by Crippen LogP contribution is -2.35. The van der Waals surface area contributed by atoms with Crippen LogP contribution in [-0.4, -0.2) is 36.1 Å². The van der Waals surface area contributed by atoms with E-state index in [1.807, 2.05) is 54.7 Å². The molecule has 0 atom stereocenters. The van der Waals surface area contributed by atoms with E-state index in [1.54, 1.807) is 0 Å². The van der Waals surface area contributed by atoms with E-state index in [4.69, 9.17) is 16.3 Å². The van der Waals surface area contributed by atoms with E-state index >= 15 is 0 Å². The second-order valence-corrected chi connectivity index (χ2v) is 9.65. The number of fused-ring (bicyclic) bond motifs is 1. The molecule has 3 aromatic carbocycles. The molecule has 1 aromatic heterocycles. The van der Waals surface area contributed by atoms with Crippen LogP contribution >= 0.6 is 11.6 Å². The third-order valence-corrected chi connectivity index (χ3v) is 6.94. The van der Waals surface area contributed by atoms with Gasteiger partial charge in [0.1, 0.15) is 18.1 Å². The fraction of sp³-hybridized carbons (Fsp3) is 0.258. The first-order chi connectivity index (χ1) is 17.2. The Bertz CT molecular complexity index is 1350. The van der Waals surface area contributed by atoms with Crippen molar-refractivity contribution in [3.63, 3.8) is 0 Å². The minimum atomic E-state index is 0.702. The summed E-state index contributed by atoms with van der Waals surface area (Å²) in [5.74, 6) is 8.30. The maximum absolute atomic E-state index is 6.22. The quantitative estimate of drug-likeness (QED) is 0.286. The van der Waals surface area contributed by atoms with Gasteiger partial charge in [-0.3, -0.25) is 4.90 Å². The molecule has 2 heterocycles. The average molecular weight is 481 g/mol. The number of hydrogen-bond acceptors (Lipinski definition) is 3. The summed E-state index contributed by atoms with van der Waals surface area (Å²) in [5, 5.41) is 2.92. The number of halogens is 1. The zero-order valence-electron chi connectivity index (χ0n) is 20.0. The van der Waals surface area contributed by atoms with Gasteiger partial charge in [0.15, 0.2) is 0 Å². The lowest BCUT2D eigenvalue weighted by atomic mass is 9.99. The first kappa shape index (κ1) is 23.4. The first-order valence-corrected chi connectivity index (χ1v) is 12.6. The summed E-state index contributed by atoms with van der Waals surface area (Å²) in [4.78, 5) is 7.05. The van der Waals surface area contributed by atoms with Gasteiger partial charge in [-0.1, -0.05) is 66.9 Å². The van der Waals surface area contributed by atoms with Gasteiger partial charge < -0.3 is 4.74 Å². The fourth-order valence-corrected chi connectivity index (χ4v) is 4.61. The highest BCUT2D eigenvalue weighted by Crippen LogP contribution is 2.28. The predicted octanol–water partition coefficient (Wildman–Crippen LogP) is 7.07. The molecule has 4 aromatic rings. The molecule has 35 heavy (non-hydrogen) atoms. The number of rotatable bonds is 5. The van der Waals surface area contributed by atoms with Crippen LogP contribution in [0.25, 0.3) is 21.9 Å². The maximum atomic E-state index is 6.22. The molecule has 1 aliphatic heterocycles. The molecule has 0 unspecified atom stereocenters. The molecule has 4 heteroatoms. The Morgan fingerprint density at radius 3 is 2.37 bits per heavy atom. The monoisotopic (exact) mass is 480 g/mol. The fourth-order valence-electron chi connectivity index (χ4n) is 4.49. The number of hydrogen-bond donors (Lipinski definition) is 0. The largest absolute Gasteiger partial charge is 0.492 e. The Balaban J connectivity index is 1.29. The molecule has 0 saturated carbocycles. The van der Waals surface area contributed by atoms with E-state index in [0.29, 0.717) is 6.61 Å². The molecule has 0 aliphatic carbocycles. The molecule has 1 fully saturated rings. The summed E-state index contributed by atoms with van der Waals surface area (Å²) in [5.41, 5.74) is 3.83. The van der Waals surface area contributed by atoms with Crippen LogP contribution < -0.4 is 4.74 Å². The molecule has 176 valence electrons. The van der Waals surface area contributed by atoms with Gasteiger partial charge in [-0.2, -0.15) is 0 Å². The zero-order valence-corrected chi connectivity index (χ0v) is 20.8. The molecule has 1 saturated heterocycles. The van der Waals surface area contributed by atoms with E-state index in [2.05, 4.69) is 52.9 Å². The molecule has 0 amide bonds. The number of ether oxygens (including phenoxy) is 1. The molecule has 0 N–H and O–H groups in total. The zero-order chi connectivity index (χ0) is 24.0. The highest BCUT2D eigenvalue weighted by atomic mass is 35.5. The van der Waals surface area contributed by atoms with Crippen molar-refractivity contribution in [2.24, 2.45) is 5.92 Å². The smallest absolute Gasteiger partial charge is 0.127 e. The van der Waals surface area contributed by atoms with Crippen molar-refractivity contribution < 1.29 is 4.74 Å². The molecular formula is C31H29ClN2O. The second kappa shape index (κ2) is 11.0. The Kier molecular flexibility index (Phi) is 7.33. The van der Waals surface area contributed by atoms with Crippen molar-refractivity contribution in [3.8, 4) is 28.7 Å². The van der Waals surface area contributed by atoms with Gasteiger partial charge in [0.25, 0.3) is 0 Å². The van der Waals surface area contributed by atoms with E-state index < -0.39 is 0 Å². The number of pyridine rings is 1. The lowest BCUT2D eigenvalue weighted by molar-refractivity contribution is 0.161. The standard InChI is InChI=1S/C31H29ClN2O/c1-23-16-18-34(19-17-23)20-21-35-31-15-10-25(29-4-2-3-5-30(29)31)8-13-28-14-9-26(22-33-28)24-6-11-27(32)12-7-24/h2-7,9-12,14-15,22-23H,16-21H2,1H3. The highest BCUT2D eigenvalue weighted by molar-refractivity contribution is 6.30. The molecule has 1 aliphatic rings. The van der Waals surface area contributed by atoms with Crippen LogP contribution in [0.3, 0.4) is 0 Å². The molecule has 0 bridgehead atoms. The van der Waals surface area contributed by atoms with Gasteiger partial charge in [0.2, 0.25) is 0 Å². The van der Waals surface area contributed by atoms with E-state index in [0.717, 1.165) is 56.4 Å². The van der Waals surface area contributed by atoms with E-state index in [9.17, 15) is 0 Å². The number of benzene rings is 3. The minimum absolute atomic E-state index is 0.702.